The lowest BCUT2D eigenvalue weighted by Gasteiger charge is -2.04. The van der Waals surface area contributed by atoms with E-state index >= 15 is 0 Å². The molecule has 3 rings (SSSR count). The van der Waals surface area contributed by atoms with Gasteiger partial charge < -0.3 is 5.73 Å². The Morgan fingerprint density at radius 3 is 2.26 bits per heavy atom. The molecular formula is C18H18N2O2S. The first kappa shape index (κ1) is 15.7. The second kappa shape index (κ2) is 5.48. The highest BCUT2D eigenvalue weighted by molar-refractivity contribution is 7.92. The second-order valence-corrected chi connectivity index (χ2v) is 7.97. The van der Waals surface area contributed by atoms with Crippen molar-refractivity contribution < 1.29 is 8.42 Å². The minimum atomic E-state index is -3.65. The van der Waals surface area contributed by atoms with E-state index in [0.29, 0.717) is 0 Å². The predicted molar refractivity (Wildman–Crippen MR) is 88.5 cm³/mol. The zero-order valence-corrected chi connectivity index (χ0v) is 13.6. The fraction of sp³-hybridized carbons (Fsp3) is 0.278. The molecule has 118 valence electrons. The maximum atomic E-state index is 12.8. The number of benzene rings is 2. The van der Waals surface area contributed by atoms with Crippen LogP contribution in [0.2, 0.25) is 0 Å². The Balaban J connectivity index is 2.01. The van der Waals surface area contributed by atoms with Crippen molar-refractivity contribution >= 4 is 9.84 Å². The quantitative estimate of drug-likeness (QED) is 0.935. The number of rotatable bonds is 4. The van der Waals surface area contributed by atoms with Crippen LogP contribution < -0.4 is 5.73 Å². The molecular weight excluding hydrogens is 308 g/mol. The normalized spacial score (nSPS) is 26.5. The maximum absolute atomic E-state index is 12.8. The Labute approximate surface area is 136 Å². The van der Waals surface area contributed by atoms with Crippen molar-refractivity contribution in [3.63, 3.8) is 0 Å². The number of hydrogen-bond acceptors (Lipinski definition) is 4. The van der Waals surface area contributed by atoms with E-state index in [2.05, 4.69) is 6.92 Å². The van der Waals surface area contributed by atoms with Crippen LogP contribution in [0.5, 0.6) is 0 Å². The Kier molecular flexibility index (Phi) is 3.75. The van der Waals surface area contributed by atoms with Crippen molar-refractivity contribution in [2.45, 2.75) is 34.9 Å². The maximum Gasteiger partial charge on any atom is 0.184 e. The van der Waals surface area contributed by atoms with Crippen molar-refractivity contribution in [3.8, 4) is 6.07 Å². The molecule has 0 aliphatic heterocycles. The van der Waals surface area contributed by atoms with Crippen LogP contribution in [0.25, 0.3) is 0 Å². The molecule has 0 saturated heterocycles. The smallest absolute Gasteiger partial charge is 0.184 e. The van der Waals surface area contributed by atoms with E-state index in [1.54, 1.807) is 30.3 Å². The summed E-state index contributed by atoms with van der Waals surface area (Å²) < 4.78 is 25.7. The summed E-state index contributed by atoms with van der Waals surface area (Å²) >= 11 is 0. The Hall–Kier alpha value is -2.16. The zero-order valence-electron chi connectivity index (χ0n) is 12.8. The fourth-order valence-electron chi connectivity index (χ4n) is 3.11. The van der Waals surface area contributed by atoms with Crippen LogP contribution in [0, 0.1) is 11.3 Å². The van der Waals surface area contributed by atoms with Crippen LogP contribution in [0.15, 0.2) is 59.5 Å². The van der Waals surface area contributed by atoms with Gasteiger partial charge in [-0.05, 0) is 29.7 Å². The van der Waals surface area contributed by atoms with Gasteiger partial charge >= 0.3 is 0 Å². The van der Waals surface area contributed by atoms with E-state index in [1.807, 2.05) is 30.3 Å². The molecule has 3 atom stereocenters. The molecule has 23 heavy (non-hydrogen) atoms. The average molecular weight is 326 g/mol. The second-order valence-electron chi connectivity index (χ2n) is 5.90. The van der Waals surface area contributed by atoms with Crippen molar-refractivity contribution in [2.75, 3.05) is 0 Å². The fourth-order valence-corrected chi connectivity index (χ4v) is 5.32. The summed E-state index contributed by atoms with van der Waals surface area (Å²) in [4.78, 5) is 0.211. The van der Waals surface area contributed by atoms with Crippen LogP contribution in [-0.2, 0) is 16.3 Å². The average Bonchev–Trinajstić information content (AvgIpc) is 3.23. The molecule has 1 saturated carbocycles. The van der Waals surface area contributed by atoms with E-state index in [-0.39, 0.29) is 4.90 Å². The van der Waals surface area contributed by atoms with Crippen molar-refractivity contribution in [1.29, 1.82) is 5.26 Å². The molecule has 2 aromatic rings. The third kappa shape index (κ3) is 2.44. The summed E-state index contributed by atoms with van der Waals surface area (Å²) in [5.74, 6) is -0.497. The van der Waals surface area contributed by atoms with Crippen LogP contribution in [-0.4, -0.2) is 19.2 Å². The van der Waals surface area contributed by atoms with E-state index in [4.69, 9.17) is 5.73 Å². The predicted octanol–water partition coefficient (Wildman–Crippen LogP) is 2.41. The number of sulfone groups is 1. The van der Waals surface area contributed by atoms with E-state index in [0.717, 1.165) is 17.5 Å². The first-order valence-electron chi connectivity index (χ1n) is 7.53. The standard InChI is InChI=1S/C18H18N2O2S/c1-2-13-8-10-14(11-9-13)16-17(18(16,20)12-19)23(21,22)15-6-4-3-5-7-15/h3-11,16-17H,2,20H2,1H3/t16-,17-,18-/m1/s1. The molecule has 1 fully saturated rings. The number of nitriles is 1. The van der Waals surface area contributed by atoms with Gasteiger partial charge in [0.25, 0.3) is 0 Å². The van der Waals surface area contributed by atoms with Crippen LogP contribution in [0.3, 0.4) is 0 Å². The molecule has 0 spiro atoms. The third-order valence-corrected chi connectivity index (χ3v) is 6.79. The summed E-state index contributed by atoms with van der Waals surface area (Å²) in [6.07, 6.45) is 0.905. The number of nitrogens with two attached hydrogens (primary N) is 1. The summed E-state index contributed by atoms with van der Waals surface area (Å²) in [6.45, 7) is 2.05. The monoisotopic (exact) mass is 326 g/mol. The first-order valence-corrected chi connectivity index (χ1v) is 9.07. The molecule has 0 bridgehead atoms. The molecule has 4 nitrogen and oxygen atoms in total. The van der Waals surface area contributed by atoms with Crippen molar-refractivity contribution in [3.05, 3.63) is 65.7 Å². The molecule has 1 aliphatic carbocycles. The highest BCUT2D eigenvalue weighted by atomic mass is 32.2. The summed E-state index contributed by atoms with van der Waals surface area (Å²) in [5, 5.41) is 8.53. The van der Waals surface area contributed by atoms with Crippen molar-refractivity contribution in [2.24, 2.45) is 5.73 Å². The number of hydrogen-bond donors (Lipinski definition) is 1. The van der Waals surface area contributed by atoms with Crippen molar-refractivity contribution in [1.82, 2.24) is 0 Å². The highest BCUT2D eigenvalue weighted by Crippen LogP contribution is 2.55. The third-order valence-electron chi connectivity index (χ3n) is 4.53. The van der Waals surface area contributed by atoms with E-state index in [9.17, 15) is 13.7 Å². The Bertz CT molecular complexity index is 854. The van der Waals surface area contributed by atoms with E-state index in [1.165, 1.54) is 0 Å². The van der Waals surface area contributed by atoms with Gasteiger partial charge in [0.15, 0.2) is 9.84 Å². The van der Waals surface area contributed by atoms with Crippen LogP contribution in [0.4, 0.5) is 0 Å². The highest BCUT2D eigenvalue weighted by Gasteiger charge is 2.70. The number of nitrogens with zero attached hydrogens (tertiary/aromatic N) is 1. The zero-order chi connectivity index (χ0) is 16.7. The minimum Gasteiger partial charge on any atom is -0.312 e. The molecule has 5 heteroatoms. The summed E-state index contributed by atoms with van der Waals surface area (Å²) in [7, 11) is -3.65. The lowest BCUT2D eigenvalue weighted by atomic mass is 10.0. The lowest BCUT2D eigenvalue weighted by Crippen LogP contribution is -2.29. The van der Waals surface area contributed by atoms with Gasteiger partial charge in [-0.15, -0.1) is 0 Å². The first-order chi connectivity index (χ1) is 10.9. The van der Waals surface area contributed by atoms with Gasteiger partial charge in [-0.2, -0.15) is 5.26 Å². The van der Waals surface area contributed by atoms with Gasteiger partial charge in [0, 0.05) is 5.92 Å². The largest absolute Gasteiger partial charge is 0.312 e. The van der Waals surface area contributed by atoms with Gasteiger partial charge in [-0.3, -0.25) is 0 Å². The van der Waals surface area contributed by atoms with E-state index < -0.39 is 26.5 Å². The Morgan fingerprint density at radius 1 is 1.13 bits per heavy atom. The minimum absolute atomic E-state index is 0.211. The molecule has 0 unspecified atom stereocenters. The summed E-state index contributed by atoms with van der Waals surface area (Å²) in [5.41, 5.74) is 6.71. The molecule has 0 aromatic heterocycles. The van der Waals surface area contributed by atoms with Gasteiger partial charge in [-0.1, -0.05) is 49.4 Å². The molecule has 2 aromatic carbocycles. The van der Waals surface area contributed by atoms with Crippen LogP contribution >= 0.6 is 0 Å². The summed E-state index contributed by atoms with van der Waals surface area (Å²) in [6, 6.07) is 17.9. The van der Waals surface area contributed by atoms with Crippen LogP contribution in [0.1, 0.15) is 24.0 Å². The van der Waals surface area contributed by atoms with Gasteiger partial charge in [0.05, 0.1) is 11.0 Å². The molecule has 0 radical (unpaired) electrons. The Morgan fingerprint density at radius 2 is 1.74 bits per heavy atom. The molecule has 2 N–H and O–H groups in total. The molecule has 1 aliphatic rings. The van der Waals surface area contributed by atoms with Gasteiger partial charge in [0.2, 0.25) is 0 Å². The molecule has 0 amide bonds. The van der Waals surface area contributed by atoms with Gasteiger partial charge in [0.1, 0.15) is 10.8 Å². The SMILES string of the molecule is CCc1ccc([C@@H]2[C@@H](S(=O)(=O)c3ccccc3)[C@@]2(N)C#N)cc1. The topological polar surface area (TPSA) is 83.9 Å². The van der Waals surface area contributed by atoms with Gasteiger partial charge in [-0.25, -0.2) is 8.42 Å². The number of aryl methyl sites for hydroxylation is 1. The molecule has 0 heterocycles. The lowest BCUT2D eigenvalue weighted by molar-refractivity contribution is 0.592.